The largest absolute Gasteiger partial charge is 0.505 e. The summed E-state index contributed by atoms with van der Waals surface area (Å²) in [5, 5.41) is 29.2. The van der Waals surface area contributed by atoms with Crippen LogP contribution in [0.1, 0.15) is 69.4 Å². The van der Waals surface area contributed by atoms with Gasteiger partial charge in [0.1, 0.15) is 22.5 Å². The molecule has 3 aromatic rings. The van der Waals surface area contributed by atoms with Crippen LogP contribution in [0.15, 0.2) is 30.3 Å². The van der Waals surface area contributed by atoms with E-state index in [0.717, 1.165) is 17.5 Å². The molecule has 0 bridgehead atoms. The van der Waals surface area contributed by atoms with Gasteiger partial charge in [0.25, 0.3) is 0 Å². The van der Waals surface area contributed by atoms with Gasteiger partial charge in [-0.25, -0.2) is 4.79 Å². The van der Waals surface area contributed by atoms with E-state index in [-0.39, 0.29) is 22.1 Å². The minimum atomic E-state index is -1.01. The summed E-state index contributed by atoms with van der Waals surface area (Å²) in [5.41, 5.74) is 3.28. The zero-order valence-electron chi connectivity index (χ0n) is 17.2. The van der Waals surface area contributed by atoms with Crippen LogP contribution in [0.25, 0.3) is 16.7 Å². The molecule has 2 N–H and O–H groups in total. The summed E-state index contributed by atoms with van der Waals surface area (Å²) in [6.07, 6.45) is 0.865. The molecule has 0 atom stereocenters. The smallest absolute Gasteiger partial charge is 0.335 e. The van der Waals surface area contributed by atoms with Crippen LogP contribution in [-0.2, 0) is 10.8 Å². The molecule has 2 aromatic carbocycles. The number of carboxylic acids is 1. The van der Waals surface area contributed by atoms with Gasteiger partial charge in [0.2, 0.25) is 0 Å². The third-order valence-electron chi connectivity index (χ3n) is 5.41. The van der Waals surface area contributed by atoms with Gasteiger partial charge < -0.3 is 10.2 Å². The highest BCUT2D eigenvalue weighted by Crippen LogP contribution is 2.40. The van der Waals surface area contributed by atoms with Crippen molar-refractivity contribution < 1.29 is 15.0 Å². The number of hydrogen-bond donors (Lipinski definition) is 2. The molecule has 0 saturated carbocycles. The number of phenolic OH excluding ortho intramolecular Hbond substituents is 1. The van der Waals surface area contributed by atoms with Gasteiger partial charge in [-0.15, -0.1) is 15.0 Å². The molecule has 6 heteroatoms. The van der Waals surface area contributed by atoms with E-state index in [2.05, 4.69) is 57.8 Å². The molecule has 0 saturated heterocycles. The summed E-state index contributed by atoms with van der Waals surface area (Å²) in [6.45, 7) is 12.7. The maximum absolute atomic E-state index is 11.2. The molecule has 3 rings (SSSR count). The first-order chi connectivity index (χ1) is 12.9. The summed E-state index contributed by atoms with van der Waals surface area (Å²) in [7, 11) is 0. The zero-order valence-corrected chi connectivity index (χ0v) is 17.2. The third-order valence-corrected chi connectivity index (χ3v) is 5.41. The Bertz CT molecular complexity index is 1060. The molecule has 1 heterocycles. The van der Waals surface area contributed by atoms with Crippen LogP contribution in [0, 0.1) is 0 Å². The van der Waals surface area contributed by atoms with Crippen molar-refractivity contribution in [1.29, 1.82) is 0 Å². The fourth-order valence-corrected chi connectivity index (χ4v) is 3.07. The number of phenols is 1. The lowest BCUT2D eigenvalue weighted by Gasteiger charge is -2.29. The van der Waals surface area contributed by atoms with Crippen LogP contribution in [-0.4, -0.2) is 31.2 Å². The SMILES string of the molecule is CCC(C)(C)c1cc(C(C)(C)C)cc(-n2nc3ccc(C(=O)O)cc3n2)c1O. The van der Waals surface area contributed by atoms with E-state index in [0.29, 0.717) is 16.7 Å². The van der Waals surface area contributed by atoms with Gasteiger partial charge in [0.05, 0.1) is 5.56 Å². The Balaban J connectivity index is 2.27. The fraction of sp³-hybridized carbons (Fsp3) is 0.409. The van der Waals surface area contributed by atoms with Crippen LogP contribution in [0.2, 0.25) is 0 Å². The molecular formula is C22H27N3O3. The van der Waals surface area contributed by atoms with Crippen molar-refractivity contribution in [2.45, 2.75) is 58.8 Å². The number of rotatable bonds is 4. The highest BCUT2D eigenvalue weighted by atomic mass is 16.4. The predicted octanol–water partition coefficient (Wildman–Crippen LogP) is 4.81. The number of benzene rings is 2. The molecule has 0 aliphatic heterocycles. The predicted molar refractivity (Wildman–Crippen MR) is 110 cm³/mol. The second-order valence-corrected chi connectivity index (χ2v) is 8.88. The first kappa shape index (κ1) is 19.9. The van der Waals surface area contributed by atoms with E-state index in [9.17, 15) is 15.0 Å². The Labute approximate surface area is 164 Å². The molecule has 0 fully saturated rings. The molecule has 0 aliphatic carbocycles. The summed E-state index contributed by atoms with van der Waals surface area (Å²) in [5.74, 6) is -0.861. The van der Waals surface area contributed by atoms with Gasteiger partial charge in [-0.2, -0.15) is 0 Å². The second kappa shape index (κ2) is 6.62. The molecule has 0 aliphatic rings. The summed E-state index contributed by atoms with van der Waals surface area (Å²) in [6, 6.07) is 8.59. The van der Waals surface area contributed by atoms with E-state index in [1.807, 2.05) is 6.07 Å². The Morgan fingerprint density at radius 3 is 2.25 bits per heavy atom. The number of aromatic carboxylic acids is 1. The van der Waals surface area contributed by atoms with E-state index in [1.54, 1.807) is 6.07 Å². The highest BCUT2D eigenvalue weighted by molar-refractivity contribution is 5.92. The first-order valence-corrected chi connectivity index (χ1v) is 9.43. The van der Waals surface area contributed by atoms with Crippen molar-refractivity contribution in [3.8, 4) is 11.4 Å². The average molecular weight is 381 g/mol. The van der Waals surface area contributed by atoms with Crippen molar-refractivity contribution in [2.75, 3.05) is 0 Å². The number of aromatic hydroxyl groups is 1. The van der Waals surface area contributed by atoms with Crippen LogP contribution < -0.4 is 0 Å². The quantitative estimate of drug-likeness (QED) is 0.677. The van der Waals surface area contributed by atoms with Crippen LogP contribution >= 0.6 is 0 Å². The van der Waals surface area contributed by atoms with Gasteiger partial charge in [-0.3, -0.25) is 0 Å². The van der Waals surface area contributed by atoms with Crippen molar-refractivity contribution in [3.63, 3.8) is 0 Å². The lowest BCUT2D eigenvalue weighted by molar-refractivity contribution is 0.0697. The molecule has 6 nitrogen and oxygen atoms in total. The monoisotopic (exact) mass is 381 g/mol. The van der Waals surface area contributed by atoms with Crippen LogP contribution in [0.3, 0.4) is 0 Å². The molecule has 1 aromatic heterocycles. The lowest BCUT2D eigenvalue weighted by atomic mass is 9.77. The standard InChI is InChI=1S/C22H27N3O3/c1-7-22(5,6)15-11-14(21(2,3)4)12-18(19(15)26)25-23-16-9-8-13(20(27)28)10-17(16)24-25/h8-12,26H,7H2,1-6H3,(H,27,28). The van der Waals surface area contributed by atoms with Gasteiger partial charge in [-0.1, -0.05) is 47.6 Å². The second-order valence-electron chi connectivity index (χ2n) is 8.88. The highest BCUT2D eigenvalue weighted by Gasteiger charge is 2.28. The van der Waals surface area contributed by atoms with Gasteiger partial charge in [-0.05, 0) is 47.1 Å². The third kappa shape index (κ3) is 3.46. The number of carbonyl (C=O) groups is 1. The maximum Gasteiger partial charge on any atom is 0.335 e. The number of aromatic nitrogens is 3. The topological polar surface area (TPSA) is 88.2 Å². The molecule has 0 unspecified atom stereocenters. The lowest BCUT2D eigenvalue weighted by Crippen LogP contribution is -2.20. The Kier molecular flexibility index (Phi) is 4.69. The number of fused-ring (bicyclic) bond motifs is 1. The first-order valence-electron chi connectivity index (χ1n) is 9.43. The Hall–Kier alpha value is -2.89. The maximum atomic E-state index is 11.2. The molecule has 0 radical (unpaired) electrons. The van der Waals surface area contributed by atoms with Gasteiger partial charge in [0, 0.05) is 5.56 Å². The van der Waals surface area contributed by atoms with Crippen LogP contribution in [0.4, 0.5) is 0 Å². The van der Waals surface area contributed by atoms with E-state index in [1.165, 1.54) is 16.9 Å². The Morgan fingerprint density at radius 1 is 1.04 bits per heavy atom. The van der Waals surface area contributed by atoms with Crippen LogP contribution in [0.5, 0.6) is 5.75 Å². The van der Waals surface area contributed by atoms with E-state index >= 15 is 0 Å². The fourth-order valence-electron chi connectivity index (χ4n) is 3.07. The zero-order chi connectivity index (χ0) is 20.9. The number of carboxylic acid groups (broad SMARTS) is 1. The Morgan fingerprint density at radius 2 is 1.68 bits per heavy atom. The van der Waals surface area contributed by atoms with Gasteiger partial charge in [0.15, 0.2) is 0 Å². The van der Waals surface area contributed by atoms with E-state index in [4.69, 9.17) is 0 Å². The minimum absolute atomic E-state index is 0.121. The van der Waals surface area contributed by atoms with Gasteiger partial charge >= 0.3 is 5.97 Å². The van der Waals surface area contributed by atoms with Crippen molar-refractivity contribution in [1.82, 2.24) is 15.0 Å². The molecule has 0 amide bonds. The minimum Gasteiger partial charge on any atom is -0.505 e. The van der Waals surface area contributed by atoms with Crippen molar-refractivity contribution >= 4 is 17.0 Å². The molecule has 0 spiro atoms. The van der Waals surface area contributed by atoms with E-state index < -0.39 is 5.97 Å². The summed E-state index contributed by atoms with van der Waals surface area (Å²) >= 11 is 0. The summed E-state index contributed by atoms with van der Waals surface area (Å²) in [4.78, 5) is 12.6. The molecule has 148 valence electrons. The number of hydrogen-bond acceptors (Lipinski definition) is 4. The summed E-state index contributed by atoms with van der Waals surface area (Å²) < 4.78 is 0. The van der Waals surface area contributed by atoms with Crippen molar-refractivity contribution in [3.05, 3.63) is 47.0 Å². The average Bonchev–Trinajstić information content (AvgIpc) is 3.03. The molecule has 28 heavy (non-hydrogen) atoms. The normalized spacial score (nSPS) is 12.5. The van der Waals surface area contributed by atoms with Crippen molar-refractivity contribution in [2.24, 2.45) is 0 Å². The molecular weight excluding hydrogens is 354 g/mol. The number of nitrogens with zero attached hydrogens (tertiary/aromatic N) is 3.